The molecule has 6 heteroatoms. The third-order valence-electron chi connectivity index (χ3n) is 5.08. The molecule has 0 bridgehead atoms. The molecule has 6 nitrogen and oxygen atoms in total. The van der Waals surface area contributed by atoms with Crippen LogP contribution in [0, 0.1) is 6.92 Å². The number of benzene rings is 2. The van der Waals surface area contributed by atoms with Crippen LogP contribution < -0.4 is 15.4 Å². The van der Waals surface area contributed by atoms with Crippen molar-refractivity contribution in [3.05, 3.63) is 59.7 Å². The number of carbonyl (C=O) groups excluding carboxylic acids is 2. The van der Waals surface area contributed by atoms with Gasteiger partial charge in [0.15, 0.2) is 0 Å². The second-order valence-electron chi connectivity index (χ2n) is 7.40. The van der Waals surface area contributed by atoms with Crippen LogP contribution >= 0.6 is 0 Å². The average molecular weight is 412 g/mol. The minimum Gasteiger partial charge on any atom is -0.497 e. The van der Waals surface area contributed by atoms with Crippen LogP contribution in [0.4, 0.5) is 5.69 Å². The van der Waals surface area contributed by atoms with Crippen molar-refractivity contribution in [2.45, 2.75) is 39.7 Å². The Labute approximate surface area is 179 Å². The van der Waals surface area contributed by atoms with Crippen molar-refractivity contribution in [2.75, 3.05) is 32.1 Å². The third kappa shape index (κ3) is 7.19. The second kappa shape index (κ2) is 12.0. The van der Waals surface area contributed by atoms with Crippen LogP contribution in [-0.4, -0.2) is 49.5 Å². The van der Waals surface area contributed by atoms with Crippen molar-refractivity contribution in [2.24, 2.45) is 0 Å². The van der Waals surface area contributed by atoms with Gasteiger partial charge in [0.25, 0.3) is 0 Å². The molecule has 2 amide bonds. The van der Waals surface area contributed by atoms with Gasteiger partial charge in [-0.2, -0.15) is 0 Å². The van der Waals surface area contributed by atoms with E-state index in [2.05, 4.69) is 10.6 Å². The van der Waals surface area contributed by atoms with Crippen molar-refractivity contribution in [1.29, 1.82) is 0 Å². The number of carbonyl (C=O) groups is 2. The van der Waals surface area contributed by atoms with Gasteiger partial charge in [-0.15, -0.1) is 0 Å². The summed E-state index contributed by atoms with van der Waals surface area (Å²) in [6, 6.07) is 15.1. The maximum atomic E-state index is 12.6. The Morgan fingerprint density at radius 3 is 2.43 bits per heavy atom. The molecule has 0 aliphatic rings. The van der Waals surface area contributed by atoms with Gasteiger partial charge in [-0.1, -0.05) is 37.3 Å². The Morgan fingerprint density at radius 2 is 1.80 bits per heavy atom. The second-order valence-corrected chi connectivity index (χ2v) is 7.40. The number of nitrogens with zero attached hydrogens (tertiary/aromatic N) is 1. The number of ether oxygens (including phenoxy) is 1. The Kier molecular flexibility index (Phi) is 9.35. The predicted molar refractivity (Wildman–Crippen MR) is 121 cm³/mol. The Hall–Kier alpha value is -2.86. The van der Waals surface area contributed by atoms with Crippen molar-refractivity contribution in [3.63, 3.8) is 0 Å². The van der Waals surface area contributed by atoms with Gasteiger partial charge in [0.2, 0.25) is 11.8 Å². The molecule has 2 aromatic carbocycles. The summed E-state index contributed by atoms with van der Waals surface area (Å²) < 4.78 is 5.16. The summed E-state index contributed by atoms with van der Waals surface area (Å²) in [4.78, 5) is 27.1. The number of nitrogens with one attached hydrogen (secondary N) is 2. The topological polar surface area (TPSA) is 70.7 Å². The lowest BCUT2D eigenvalue weighted by molar-refractivity contribution is -0.127. The molecule has 0 spiro atoms. The summed E-state index contributed by atoms with van der Waals surface area (Å²) in [5.41, 5.74) is 2.94. The molecule has 0 fully saturated rings. The number of rotatable bonds is 11. The van der Waals surface area contributed by atoms with Gasteiger partial charge in [0, 0.05) is 12.2 Å². The SMILES string of the molecule is CCCN(CC(=O)Nc1ccccc1C)C(C)C(=O)NCCc1ccc(OC)cc1. The molecule has 1 atom stereocenters. The molecular formula is C24H33N3O3. The number of hydrogen-bond acceptors (Lipinski definition) is 4. The monoisotopic (exact) mass is 411 g/mol. The van der Waals surface area contributed by atoms with Gasteiger partial charge in [-0.05, 0) is 62.6 Å². The number of aryl methyl sites for hydroxylation is 1. The first-order chi connectivity index (χ1) is 14.4. The van der Waals surface area contributed by atoms with Crippen LogP contribution in [0.25, 0.3) is 0 Å². The highest BCUT2D eigenvalue weighted by Gasteiger charge is 2.22. The zero-order valence-corrected chi connectivity index (χ0v) is 18.4. The quantitative estimate of drug-likeness (QED) is 0.595. The van der Waals surface area contributed by atoms with E-state index in [1.165, 1.54) is 0 Å². The van der Waals surface area contributed by atoms with E-state index in [4.69, 9.17) is 4.74 Å². The standard InChI is InChI=1S/C24H33N3O3/c1-5-16-27(17-23(28)26-22-9-7-6-8-18(22)2)19(3)24(29)25-15-14-20-10-12-21(30-4)13-11-20/h6-13,19H,5,14-17H2,1-4H3,(H,25,29)(H,26,28). The van der Waals surface area contributed by atoms with Crippen molar-refractivity contribution in [1.82, 2.24) is 10.2 Å². The largest absolute Gasteiger partial charge is 0.497 e. The molecule has 2 aromatic rings. The van der Waals surface area contributed by atoms with Crippen LogP contribution in [-0.2, 0) is 16.0 Å². The highest BCUT2D eigenvalue weighted by atomic mass is 16.5. The van der Waals surface area contributed by atoms with E-state index in [9.17, 15) is 9.59 Å². The van der Waals surface area contributed by atoms with Gasteiger partial charge in [0.05, 0.1) is 19.7 Å². The molecule has 0 heterocycles. The van der Waals surface area contributed by atoms with Gasteiger partial charge >= 0.3 is 0 Å². The number of amides is 2. The van der Waals surface area contributed by atoms with E-state index < -0.39 is 0 Å². The molecule has 0 radical (unpaired) electrons. The first-order valence-electron chi connectivity index (χ1n) is 10.4. The fourth-order valence-corrected chi connectivity index (χ4v) is 3.22. The molecule has 162 valence electrons. The third-order valence-corrected chi connectivity index (χ3v) is 5.08. The van der Waals surface area contributed by atoms with Gasteiger partial charge in [0.1, 0.15) is 5.75 Å². The van der Waals surface area contributed by atoms with Gasteiger partial charge in [-0.25, -0.2) is 0 Å². The molecule has 0 aromatic heterocycles. The summed E-state index contributed by atoms with van der Waals surface area (Å²) >= 11 is 0. The smallest absolute Gasteiger partial charge is 0.238 e. The highest BCUT2D eigenvalue weighted by Crippen LogP contribution is 2.14. The predicted octanol–water partition coefficient (Wildman–Crippen LogP) is 3.40. The zero-order valence-electron chi connectivity index (χ0n) is 18.4. The molecule has 0 aliphatic heterocycles. The van der Waals surface area contributed by atoms with E-state index in [0.29, 0.717) is 13.1 Å². The number of methoxy groups -OCH3 is 1. The van der Waals surface area contributed by atoms with Crippen LogP contribution in [0.3, 0.4) is 0 Å². The molecule has 30 heavy (non-hydrogen) atoms. The van der Waals surface area contributed by atoms with E-state index in [1.54, 1.807) is 7.11 Å². The molecular weight excluding hydrogens is 378 g/mol. The van der Waals surface area contributed by atoms with Crippen molar-refractivity contribution >= 4 is 17.5 Å². The minimum absolute atomic E-state index is 0.0688. The lowest BCUT2D eigenvalue weighted by Crippen LogP contribution is -2.48. The fourth-order valence-electron chi connectivity index (χ4n) is 3.22. The molecule has 2 rings (SSSR count). The molecule has 1 unspecified atom stereocenters. The van der Waals surface area contributed by atoms with E-state index in [1.807, 2.05) is 74.2 Å². The van der Waals surface area contributed by atoms with Crippen LogP contribution in [0.1, 0.15) is 31.4 Å². The van der Waals surface area contributed by atoms with Gasteiger partial charge in [-0.3, -0.25) is 14.5 Å². The fraction of sp³-hybridized carbons (Fsp3) is 0.417. The number of hydrogen-bond donors (Lipinski definition) is 2. The summed E-state index contributed by atoms with van der Waals surface area (Å²) in [6.45, 7) is 7.24. The Bertz CT molecular complexity index is 821. The number of para-hydroxylation sites is 1. The lowest BCUT2D eigenvalue weighted by atomic mass is 10.1. The number of anilines is 1. The van der Waals surface area contributed by atoms with Crippen molar-refractivity contribution < 1.29 is 14.3 Å². The van der Waals surface area contributed by atoms with Crippen molar-refractivity contribution in [3.8, 4) is 5.75 Å². The van der Waals surface area contributed by atoms with E-state index in [0.717, 1.165) is 35.4 Å². The maximum Gasteiger partial charge on any atom is 0.238 e. The average Bonchev–Trinajstić information content (AvgIpc) is 2.75. The highest BCUT2D eigenvalue weighted by molar-refractivity contribution is 5.93. The lowest BCUT2D eigenvalue weighted by Gasteiger charge is -2.27. The Morgan fingerprint density at radius 1 is 1.10 bits per heavy atom. The molecule has 2 N–H and O–H groups in total. The normalized spacial score (nSPS) is 11.8. The van der Waals surface area contributed by atoms with E-state index >= 15 is 0 Å². The summed E-state index contributed by atoms with van der Waals surface area (Å²) in [6.07, 6.45) is 1.60. The summed E-state index contributed by atoms with van der Waals surface area (Å²) in [5.74, 6) is 0.631. The van der Waals surface area contributed by atoms with E-state index in [-0.39, 0.29) is 24.4 Å². The minimum atomic E-state index is -0.386. The first kappa shape index (κ1) is 23.4. The maximum absolute atomic E-state index is 12.6. The summed E-state index contributed by atoms with van der Waals surface area (Å²) in [5, 5.41) is 5.93. The molecule has 0 saturated heterocycles. The van der Waals surface area contributed by atoms with Crippen LogP contribution in [0.2, 0.25) is 0 Å². The molecule has 0 aliphatic carbocycles. The first-order valence-corrected chi connectivity index (χ1v) is 10.4. The van der Waals surface area contributed by atoms with Gasteiger partial charge < -0.3 is 15.4 Å². The van der Waals surface area contributed by atoms with Crippen LogP contribution in [0.15, 0.2) is 48.5 Å². The Balaban J connectivity index is 1.86. The molecule has 0 saturated carbocycles. The zero-order chi connectivity index (χ0) is 21.9. The summed E-state index contributed by atoms with van der Waals surface area (Å²) in [7, 11) is 1.64. The van der Waals surface area contributed by atoms with Crippen LogP contribution in [0.5, 0.6) is 5.75 Å².